The minimum atomic E-state index is -0.255. The molecular formula is C25H20N2O. The lowest BCUT2D eigenvalue weighted by Crippen LogP contribution is -2.26. The molecule has 1 heterocycles. The number of Topliss-reactive ketones (excluding diaryl/α,β-unsaturated/α-hetero) is 1. The van der Waals surface area contributed by atoms with E-state index in [4.69, 9.17) is 5.10 Å². The maximum Gasteiger partial charge on any atom is 0.187 e. The monoisotopic (exact) mass is 364 g/mol. The highest BCUT2D eigenvalue weighted by molar-refractivity contribution is 6.01. The molecule has 0 fully saturated rings. The maximum absolute atomic E-state index is 13.1. The molecule has 1 aliphatic carbocycles. The van der Waals surface area contributed by atoms with Crippen LogP contribution in [0, 0.1) is 0 Å². The van der Waals surface area contributed by atoms with Gasteiger partial charge in [0.2, 0.25) is 0 Å². The first-order valence-corrected chi connectivity index (χ1v) is 9.63. The molecule has 0 radical (unpaired) electrons. The van der Waals surface area contributed by atoms with Gasteiger partial charge in [0.05, 0.1) is 0 Å². The van der Waals surface area contributed by atoms with Gasteiger partial charge in [0.25, 0.3) is 0 Å². The van der Waals surface area contributed by atoms with Crippen LogP contribution in [0.4, 0.5) is 0 Å². The Bertz CT molecular complexity index is 1070. The van der Waals surface area contributed by atoms with Crippen LogP contribution in [-0.2, 0) is 6.42 Å². The Hall–Kier alpha value is -3.46. The van der Waals surface area contributed by atoms with Gasteiger partial charge in [-0.3, -0.25) is 9.48 Å². The summed E-state index contributed by atoms with van der Waals surface area (Å²) in [6.45, 7) is 0. The molecule has 1 aliphatic rings. The van der Waals surface area contributed by atoms with Gasteiger partial charge >= 0.3 is 0 Å². The average Bonchev–Trinajstić information content (AvgIpc) is 3.21. The molecule has 1 aromatic heterocycles. The fourth-order valence-corrected chi connectivity index (χ4v) is 4.02. The third-order valence-corrected chi connectivity index (χ3v) is 5.46. The van der Waals surface area contributed by atoms with E-state index in [2.05, 4.69) is 30.3 Å². The number of nitrogens with zero attached hydrogens (tertiary/aromatic N) is 2. The first kappa shape index (κ1) is 16.7. The molecule has 0 spiro atoms. The van der Waals surface area contributed by atoms with Gasteiger partial charge in [-0.15, -0.1) is 0 Å². The summed E-state index contributed by atoms with van der Waals surface area (Å²) in [5.41, 5.74) is 6.11. The number of hydrogen-bond donors (Lipinski definition) is 0. The van der Waals surface area contributed by atoms with Gasteiger partial charge in [-0.25, -0.2) is 0 Å². The van der Waals surface area contributed by atoms with Crippen molar-refractivity contribution >= 4 is 5.78 Å². The van der Waals surface area contributed by atoms with Crippen LogP contribution < -0.4 is 0 Å². The quantitative estimate of drug-likeness (QED) is 0.475. The van der Waals surface area contributed by atoms with Crippen molar-refractivity contribution < 1.29 is 4.79 Å². The van der Waals surface area contributed by atoms with E-state index < -0.39 is 0 Å². The van der Waals surface area contributed by atoms with E-state index in [1.54, 1.807) is 0 Å². The van der Waals surface area contributed by atoms with Crippen molar-refractivity contribution in [2.75, 3.05) is 0 Å². The molecule has 3 aromatic carbocycles. The number of fused-ring (bicyclic) bond motifs is 1. The van der Waals surface area contributed by atoms with Crippen molar-refractivity contribution in [1.82, 2.24) is 9.78 Å². The van der Waals surface area contributed by atoms with Gasteiger partial charge < -0.3 is 0 Å². The molecule has 1 unspecified atom stereocenters. The van der Waals surface area contributed by atoms with E-state index >= 15 is 0 Å². The Balaban J connectivity index is 1.62. The average molecular weight is 364 g/mol. The number of ketones is 1. The second-order valence-electron chi connectivity index (χ2n) is 7.18. The second-order valence-corrected chi connectivity index (χ2v) is 7.18. The Morgan fingerprint density at radius 2 is 1.39 bits per heavy atom. The lowest BCUT2D eigenvalue weighted by Gasteiger charge is -2.23. The standard InChI is InChI=1S/C25H20N2O/c28-25-21-14-8-7-11-19(21)15-16-23(25)27-17-22(18-9-3-1-4-10-18)24(26-27)20-12-5-2-6-13-20/h1-14,17,23H,15-16H2. The molecule has 0 saturated heterocycles. The van der Waals surface area contributed by atoms with Crippen LogP contribution in [-0.4, -0.2) is 15.6 Å². The summed E-state index contributed by atoms with van der Waals surface area (Å²) in [6, 6.07) is 28.1. The van der Waals surface area contributed by atoms with Crippen molar-refractivity contribution in [2.45, 2.75) is 18.9 Å². The fourth-order valence-electron chi connectivity index (χ4n) is 4.02. The second kappa shape index (κ2) is 6.93. The predicted molar refractivity (Wildman–Crippen MR) is 111 cm³/mol. The van der Waals surface area contributed by atoms with Gasteiger partial charge in [0.15, 0.2) is 5.78 Å². The zero-order valence-electron chi connectivity index (χ0n) is 15.5. The summed E-state index contributed by atoms with van der Waals surface area (Å²) >= 11 is 0. The number of aromatic nitrogens is 2. The highest BCUT2D eigenvalue weighted by atomic mass is 16.1. The largest absolute Gasteiger partial charge is 0.292 e. The van der Waals surface area contributed by atoms with Gasteiger partial charge in [0.1, 0.15) is 11.7 Å². The van der Waals surface area contributed by atoms with Crippen LogP contribution in [0.25, 0.3) is 22.4 Å². The minimum Gasteiger partial charge on any atom is -0.292 e. The van der Waals surface area contributed by atoms with Gasteiger partial charge in [0, 0.05) is 22.9 Å². The normalized spacial score (nSPS) is 16.0. The summed E-state index contributed by atoms with van der Waals surface area (Å²) in [6.07, 6.45) is 3.71. The lowest BCUT2D eigenvalue weighted by molar-refractivity contribution is 0.0900. The van der Waals surface area contributed by atoms with Crippen molar-refractivity contribution in [3.05, 3.63) is 102 Å². The first-order chi connectivity index (χ1) is 13.8. The molecule has 136 valence electrons. The number of hydrogen-bond acceptors (Lipinski definition) is 2. The molecule has 0 N–H and O–H groups in total. The van der Waals surface area contributed by atoms with E-state index in [-0.39, 0.29) is 11.8 Å². The van der Waals surface area contributed by atoms with E-state index in [9.17, 15) is 4.79 Å². The Kier molecular flexibility index (Phi) is 4.13. The summed E-state index contributed by atoms with van der Waals surface area (Å²) in [5.74, 6) is 0.156. The van der Waals surface area contributed by atoms with Crippen molar-refractivity contribution in [2.24, 2.45) is 0 Å². The first-order valence-electron chi connectivity index (χ1n) is 9.63. The minimum absolute atomic E-state index is 0.156. The van der Waals surface area contributed by atoms with Crippen LogP contribution in [0.2, 0.25) is 0 Å². The lowest BCUT2D eigenvalue weighted by atomic mass is 9.87. The summed E-state index contributed by atoms with van der Waals surface area (Å²) in [5, 5.41) is 4.90. The van der Waals surface area contributed by atoms with Crippen LogP contribution in [0.3, 0.4) is 0 Å². The van der Waals surface area contributed by atoms with Crippen LogP contribution >= 0.6 is 0 Å². The van der Waals surface area contributed by atoms with Gasteiger partial charge in [-0.1, -0.05) is 84.9 Å². The summed E-state index contributed by atoms with van der Waals surface area (Å²) in [7, 11) is 0. The SMILES string of the molecule is O=C1c2ccccc2CCC1n1cc(-c2ccccc2)c(-c2ccccc2)n1. The van der Waals surface area contributed by atoms with Crippen LogP contribution in [0.15, 0.2) is 91.1 Å². The van der Waals surface area contributed by atoms with Crippen molar-refractivity contribution in [1.29, 1.82) is 0 Å². The molecule has 28 heavy (non-hydrogen) atoms. The highest BCUT2D eigenvalue weighted by Crippen LogP contribution is 2.35. The number of carbonyl (C=O) groups is 1. The number of aryl methyl sites for hydroxylation is 1. The molecular weight excluding hydrogens is 344 g/mol. The van der Waals surface area contributed by atoms with E-state index in [0.717, 1.165) is 46.4 Å². The molecule has 5 rings (SSSR count). The molecule has 0 bridgehead atoms. The van der Waals surface area contributed by atoms with Crippen LogP contribution in [0.5, 0.6) is 0 Å². The zero-order chi connectivity index (χ0) is 18.9. The summed E-state index contributed by atoms with van der Waals surface area (Å²) in [4.78, 5) is 13.1. The Morgan fingerprint density at radius 1 is 0.750 bits per heavy atom. The number of benzene rings is 3. The number of carbonyl (C=O) groups excluding carboxylic acids is 1. The number of rotatable bonds is 3. The molecule has 3 nitrogen and oxygen atoms in total. The van der Waals surface area contributed by atoms with E-state index in [0.29, 0.717) is 0 Å². The maximum atomic E-state index is 13.1. The molecule has 3 heteroatoms. The topological polar surface area (TPSA) is 34.9 Å². The van der Waals surface area contributed by atoms with E-state index in [1.807, 2.05) is 65.5 Å². The van der Waals surface area contributed by atoms with Crippen molar-refractivity contribution in [3.8, 4) is 22.4 Å². The van der Waals surface area contributed by atoms with Crippen molar-refractivity contribution in [3.63, 3.8) is 0 Å². The van der Waals surface area contributed by atoms with Gasteiger partial charge in [-0.05, 0) is 24.0 Å². The van der Waals surface area contributed by atoms with E-state index in [1.165, 1.54) is 0 Å². The summed E-state index contributed by atoms with van der Waals surface area (Å²) < 4.78 is 1.88. The highest BCUT2D eigenvalue weighted by Gasteiger charge is 2.30. The third kappa shape index (κ3) is 2.85. The molecule has 0 aliphatic heterocycles. The Labute approximate surface area is 164 Å². The molecule has 0 saturated carbocycles. The third-order valence-electron chi connectivity index (χ3n) is 5.46. The van der Waals surface area contributed by atoms with Gasteiger partial charge in [-0.2, -0.15) is 5.10 Å². The fraction of sp³-hybridized carbons (Fsp3) is 0.120. The Morgan fingerprint density at radius 3 is 2.14 bits per heavy atom. The molecule has 0 amide bonds. The smallest absolute Gasteiger partial charge is 0.187 e. The predicted octanol–water partition coefficient (Wildman–Crippen LogP) is 5.59. The van der Waals surface area contributed by atoms with Crippen LogP contribution in [0.1, 0.15) is 28.4 Å². The zero-order valence-corrected chi connectivity index (χ0v) is 15.5. The molecule has 1 atom stereocenters. The molecule has 4 aromatic rings.